The lowest BCUT2D eigenvalue weighted by Crippen LogP contribution is -2.05. The quantitative estimate of drug-likeness (QED) is 0.934. The number of imidazole rings is 1. The summed E-state index contributed by atoms with van der Waals surface area (Å²) >= 11 is 3.49. The molecule has 4 heteroatoms. The second-order valence-electron chi connectivity index (χ2n) is 3.58. The number of nitrogens with zero attached hydrogens (tertiary/aromatic N) is 2. The van der Waals surface area contributed by atoms with E-state index < -0.39 is 0 Å². The molecule has 0 amide bonds. The zero-order valence-electron chi connectivity index (χ0n) is 9.37. The lowest BCUT2D eigenvalue weighted by Gasteiger charge is -2.11. The van der Waals surface area contributed by atoms with E-state index in [1.54, 1.807) is 6.20 Å². The molecule has 1 aromatic heterocycles. The van der Waals surface area contributed by atoms with Crippen LogP contribution in [0.1, 0.15) is 12.5 Å². The van der Waals surface area contributed by atoms with Crippen LogP contribution in [0.4, 0.5) is 5.95 Å². The van der Waals surface area contributed by atoms with Gasteiger partial charge in [-0.2, -0.15) is 0 Å². The third kappa shape index (κ3) is 2.11. The first-order valence-electron chi connectivity index (χ1n) is 5.26. The number of nitrogens with one attached hydrogen (secondary N) is 1. The summed E-state index contributed by atoms with van der Waals surface area (Å²) in [6.07, 6.45) is 3.77. The van der Waals surface area contributed by atoms with Crippen molar-refractivity contribution < 1.29 is 0 Å². The third-order valence-electron chi connectivity index (χ3n) is 2.41. The molecule has 1 N–H and O–H groups in total. The highest BCUT2D eigenvalue weighted by Gasteiger charge is 2.06. The molecule has 0 saturated carbocycles. The van der Waals surface area contributed by atoms with E-state index in [2.05, 4.69) is 56.8 Å². The number of aromatic nitrogens is 2. The van der Waals surface area contributed by atoms with E-state index in [0.717, 1.165) is 22.7 Å². The van der Waals surface area contributed by atoms with Crippen molar-refractivity contribution in [1.29, 1.82) is 0 Å². The molecule has 0 fully saturated rings. The molecule has 0 bridgehead atoms. The largest absolute Gasteiger partial charge is 0.356 e. The van der Waals surface area contributed by atoms with Gasteiger partial charge >= 0.3 is 0 Å². The molecule has 0 aliphatic carbocycles. The molecule has 2 rings (SSSR count). The van der Waals surface area contributed by atoms with Gasteiger partial charge in [0.15, 0.2) is 0 Å². The van der Waals surface area contributed by atoms with Gasteiger partial charge in [0, 0.05) is 23.4 Å². The van der Waals surface area contributed by atoms with Crippen molar-refractivity contribution in [2.45, 2.75) is 13.8 Å². The van der Waals surface area contributed by atoms with E-state index in [4.69, 9.17) is 0 Å². The normalized spacial score (nSPS) is 10.4. The summed E-state index contributed by atoms with van der Waals surface area (Å²) in [5, 5.41) is 3.24. The minimum absolute atomic E-state index is 0.865. The predicted molar refractivity (Wildman–Crippen MR) is 70.2 cm³/mol. The van der Waals surface area contributed by atoms with Crippen LogP contribution in [0.3, 0.4) is 0 Å². The van der Waals surface area contributed by atoms with Crippen molar-refractivity contribution in [2.75, 3.05) is 11.9 Å². The van der Waals surface area contributed by atoms with Crippen LogP contribution in [0.25, 0.3) is 5.69 Å². The Morgan fingerprint density at radius 3 is 3.00 bits per heavy atom. The number of hydrogen-bond donors (Lipinski definition) is 1. The Bertz CT molecular complexity index is 491. The first kappa shape index (κ1) is 11.2. The van der Waals surface area contributed by atoms with Crippen LogP contribution >= 0.6 is 15.9 Å². The fourth-order valence-electron chi connectivity index (χ4n) is 1.63. The van der Waals surface area contributed by atoms with Crippen LogP contribution in [0.5, 0.6) is 0 Å². The molecule has 0 atom stereocenters. The van der Waals surface area contributed by atoms with E-state index in [9.17, 15) is 0 Å². The molecule has 0 unspecified atom stereocenters. The van der Waals surface area contributed by atoms with Crippen molar-refractivity contribution in [3.63, 3.8) is 0 Å². The van der Waals surface area contributed by atoms with Gasteiger partial charge in [-0.25, -0.2) is 4.98 Å². The minimum atomic E-state index is 0.865. The molecule has 1 heterocycles. The van der Waals surface area contributed by atoms with E-state index in [1.165, 1.54) is 5.56 Å². The molecule has 16 heavy (non-hydrogen) atoms. The number of anilines is 1. The third-order valence-corrected chi connectivity index (χ3v) is 2.90. The second kappa shape index (κ2) is 4.70. The van der Waals surface area contributed by atoms with E-state index >= 15 is 0 Å². The zero-order valence-corrected chi connectivity index (χ0v) is 11.0. The van der Waals surface area contributed by atoms with Gasteiger partial charge in [0.05, 0.1) is 5.69 Å². The topological polar surface area (TPSA) is 29.9 Å². The predicted octanol–water partition coefficient (Wildman–Crippen LogP) is 3.38. The van der Waals surface area contributed by atoms with Crippen molar-refractivity contribution in [1.82, 2.24) is 9.55 Å². The van der Waals surface area contributed by atoms with Gasteiger partial charge in [0.1, 0.15) is 0 Å². The van der Waals surface area contributed by atoms with Crippen molar-refractivity contribution in [3.8, 4) is 5.69 Å². The molecule has 0 aliphatic heterocycles. The highest BCUT2D eigenvalue weighted by atomic mass is 79.9. The SMILES string of the molecule is CCNc1nccn1-c1cc(Br)ccc1C. The molecule has 1 aromatic carbocycles. The van der Waals surface area contributed by atoms with Crippen LogP contribution in [0.15, 0.2) is 35.1 Å². The van der Waals surface area contributed by atoms with Crippen molar-refractivity contribution in [2.24, 2.45) is 0 Å². The maximum atomic E-state index is 4.29. The van der Waals surface area contributed by atoms with E-state index in [-0.39, 0.29) is 0 Å². The average Bonchev–Trinajstić information content (AvgIpc) is 2.70. The first-order valence-corrected chi connectivity index (χ1v) is 6.05. The molecular formula is C12H14BrN3. The monoisotopic (exact) mass is 279 g/mol. The summed E-state index contributed by atoms with van der Waals surface area (Å²) in [5.74, 6) is 0.878. The summed E-state index contributed by atoms with van der Waals surface area (Å²) in [6.45, 7) is 5.02. The molecule has 0 aliphatic rings. The van der Waals surface area contributed by atoms with Crippen LogP contribution in [0.2, 0.25) is 0 Å². The number of rotatable bonds is 3. The highest BCUT2D eigenvalue weighted by Crippen LogP contribution is 2.22. The minimum Gasteiger partial charge on any atom is -0.356 e. The van der Waals surface area contributed by atoms with Crippen LogP contribution in [-0.2, 0) is 0 Å². The summed E-state index contributed by atoms with van der Waals surface area (Å²) in [5.41, 5.74) is 2.36. The maximum Gasteiger partial charge on any atom is 0.207 e. The Balaban J connectivity index is 2.49. The number of benzene rings is 1. The smallest absolute Gasteiger partial charge is 0.207 e. The Morgan fingerprint density at radius 2 is 2.25 bits per heavy atom. The average molecular weight is 280 g/mol. The molecular weight excluding hydrogens is 266 g/mol. The van der Waals surface area contributed by atoms with E-state index in [0.29, 0.717) is 0 Å². The molecule has 84 valence electrons. The Hall–Kier alpha value is -1.29. The molecule has 3 nitrogen and oxygen atoms in total. The fourth-order valence-corrected chi connectivity index (χ4v) is 1.98. The zero-order chi connectivity index (χ0) is 11.5. The number of aryl methyl sites for hydroxylation is 1. The van der Waals surface area contributed by atoms with Crippen molar-refractivity contribution >= 4 is 21.9 Å². The van der Waals surface area contributed by atoms with Crippen LogP contribution in [-0.4, -0.2) is 16.1 Å². The number of halogens is 1. The Labute approximate surface area is 104 Å². The highest BCUT2D eigenvalue weighted by molar-refractivity contribution is 9.10. The standard InChI is InChI=1S/C12H14BrN3/c1-3-14-12-15-6-7-16(12)11-8-10(13)5-4-9(11)2/h4-8H,3H2,1-2H3,(H,14,15). The second-order valence-corrected chi connectivity index (χ2v) is 4.50. The Kier molecular flexibility index (Phi) is 3.29. The van der Waals surface area contributed by atoms with Gasteiger partial charge < -0.3 is 5.32 Å². The van der Waals surface area contributed by atoms with Gasteiger partial charge in [0.2, 0.25) is 5.95 Å². The molecule has 0 spiro atoms. The van der Waals surface area contributed by atoms with Gasteiger partial charge in [-0.1, -0.05) is 22.0 Å². The fraction of sp³-hybridized carbons (Fsp3) is 0.250. The maximum absolute atomic E-state index is 4.29. The Morgan fingerprint density at radius 1 is 1.44 bits per heavy atom. The summed E-state index contributed by atoms with van der Waals surface area (Å²) in [7, 11) is 0. The lowest BCUT2D eigenvalue weighted by atomic mass is 10.2. The van der Waals surface area contributed by atoms with E-state index in [1.807, 2.05) is 12.3 Å². The molecule has 0 saturated heterocycles. The van der Waals surface area contributed by atoms with Gasteiger partial charge in [0.25, 0.3) is 0 Å². The van der Waals surface area contributed by atoms with Gasteiger partial charge in [-0.3, -0.25) is 4.57 Å². The van der Waals surface area contributed by atoms with Crippen LogP contribution < -0.4 is 5.32 Å². The first-order chi connectivity index (χ1) is 7.72. The van der Waals surface area contributed by atoms with Gasteiger partial charge in [-0.05, 0) is 31.5 Å². The lowest BCUT2D eigenvalue weighted by molar-refractivity contribution is 1.01. The molecule has 0 radical (unpaired) electrons. The molecule has 2 aromatic rings. The van der Waals surface area contributed by atoms with Crippen LogP contribution in [0, 0.1) is 6.92 Å². The summed E-state index contributed by atoms with van der Waals surface area (Å²) < 4.78 is 3.13. The summed E-state index contributed by atoms with van der Waals surface area (Å²) in [6, 6.07) is 6.23. The van der Waals surface area contributed by atoms with Gasteiger partial charge in [-0.15, -0.1) is 0 Å². The van der Waals surface area contributed by atoms with Crippen molar-refractivity contribution in [3.05, 3.63) is 40.6 Å². The summed E-state index contributed by atoms with van der Waals surface area (Å²) in [4.78, 5) is 4.29. The number of hydrogen-bond acceptors (Lipinski definition) is 2.